The molecule has 0 aromatic carbocycles. The van der Waals surface area contributed by atoms with Gasteiger partial charge in [0.25, 0.3) is 5.91 Å². The summed E-state index contributed by atoms with van der Waals surface area (Å²) < 4.78 is 0. The lowest BCUT2D eigenvalue weighted by atomic mass is 9.91. The molecular weight excluding hydrogens is 1160 g/mol. The van der Waals surface area contributed by atoms with Gasteiger partial charge in [-0.15, -0.1) is 11.8 Å². The van der Waals surface area contributed by atoms with Crippen LogP contribution in [0.1, 0.15) is 156 Å². The average molecular weight is 1280 g/mol. The van der Waals surface area contributed by atoms with Crippen molar-refractivity contribution >= 4 is 76.7 Å². The molecule has 0 saturated carbocycles. The first-order chi connectivity index (χ1) is 41.2. The predicted octanol–water partition coefficient (Wildman–Crippen LogP) is 3.29. The summed E-state index contributed by atoms with van der Waals surface area (Å²) in [5.74, 6) is -9.79. The van der Waals surface area contributed by atoms with E-state index in [0.717, 1.165) is 16.7 Å². The highest BCUT2D eigenvalue weighted by atomic mass is 32.2. The normalized spacial score (nSPS) is 27.1. The van der Waals surface area contributed by atoms with Crippen LogP contribution in [0, 0.1) is 41.4 Å². The van der Waals surface area contributed by atoms with E-state index in [1.165, 1.54) is 92.6 Å². The minimum Gasteiger partial charge on any atom is -0.390 e. The first-order valence-corrected chi connectivity index (χ1v) is 32.9. The van der Waals surface area contributed by atoms with Crippen LogP contribution in [0.2, 0.25) is 0 Å². The number of aliphatic hydroxyl groups is 1. The molecule has 1 rings (SSSR count). The van der Waals surface area contributed by atoms with Crippen LogP contribution in [-0.4, -0.2) is 238 Å². The van der Waals surface area contributed by atoms with Crippen LogP contribution in [0.25, 0.3) is 0 Å². The Bertz CT molecular complexity index is 2420. The van der Waals surface area contributed by atoms with Crippen molar-refractivity contribution in [2.75, 3.05) is 61.6 Å². The molecule has 0 aromatic heterocycles. The maximum absolute atomic E-state index is 15.3. The van der Waals surface area contributed by atoms with E-state index in [2.05, 4.69) is 21.3 Å². The van der Waals surface area contributed by atoms with E-state index in [-0.39, 0.29) is 68.1 Å². The quantitative estimate of drug-likeness (QED) is 0.107. The van der Waals surface area contributed by atoms with Gasteiger partial charge < -0.3 is 66.4 Å². The Morgan fingerprint density at radius 3 is 1.33 bits per heavy atom. The molecule has 0 aromatic rings. The largest absolute Gasteiger partial charge is 0.390 e. The van der Waals surface area contributed by atoms with Gasteiger partial charge in [0.1, 0.15) is 60.4 Å². The fourth-order valence-corrected chi connectivity index (χ4v) is 12.1. The Morgan fingerprint density at radius 2 is 0.888 bits per heavy atom. The molecule has 89 heavy (non-hydrogen) atoms. The summed E-state index contributed by atoms with van der Waals surface area (Å²) in [5, 5.41) is 22.0. The van der Waals surface area contributed by atoms with Gasteiger partial charge in [-0.3, -0.25) is 52.7 Å². The Kier molecular flexibility index (Phi) is 34.2. The summed E-state index contributed by atoms with van der Waals surface area (Å²) in [6.45, 7) is 30.0. The molecule has 1 heterocycles. The zero-order valence-electron chi connectivity index (χ0n) is 58.3. The van der Waals surface area contributed by atoms with Gasteiger partial charge >= 0.3 is 0 Å². The molecule has 11 amide bonds. The maximum atomic E-state index is 15.3. The molecule has 25 heteroatoms. The number of hydrogen-bond acceptors (Lipinski definition) is 14. The molecule has 7 N–H and O–H groups in total. The summed E-state index contributed by atoms with van der Waals surface area (Å²) in [6, 6.07) is -12.6. The molecule has 0 radical (unpaired) electrons. The molecule has 3 unspecified atom stereocenters. The molecule has 0 aliphatic carbocycles. The zero-order chi connectivity index (χ0) is 69.0. The number of thioether (sulfide) groups is 1. The van der Waals surface area contributed by atoms with E-state index in [0.29, 0.717) is 6.42 Å². The Hall–Kier alpha value is -5.82. The van der Waals surface area contributed by atoms with Crippen molar-refractivity contribution in [2.45, 2.75) is 228 Å². The van der Waals surface area contributed by atoms with E-state index in [4.69, 9.17) is 5.73 Å². The summed E-state index contributed by atoms with van der Waals surface area (Å²) in [5.41, 5.74) is 5.99. The highest BCUT2D eigenvalue weighted by Gasteiger charge is 2.46. The fourth-order valence-electron chi connectivity index (χ4n) is 11.1. The highest BCUT2D eigenvalue weighted by molar-refractivity contribution is 8.00. The molecule has 1 fully saturated rings. The van der Waals surface area contributed by atoms with Crippen LogP contribution in [0.5, 0.6) is 0 Å². The fraction of sp³-hybridized carbons (Fsp3) is 0.797. The van der Waals surface area contributed by atoms with Crippen molar-refractivity contribution in [3.05, 3.63) is 12.2 Å². The topological polar surface area (TPSA) is 305 Å². The summed E-state index contributed by atoms with van der Waals surface area (Å²) in [6.07, 6.45) is 2.91. The molecule has 0 spiro atoms. The van der Waals surface area contributed by atoms with E-state index in [1.807, 2.05) is 55.4 Å². The predicted molar refractivity (Wildman–Crippen MR) is 349 cm³/mol. The Labute approximate surface area is 537 Å². The van der Waals surface area contributed by atoms with Crippen LogP contribution in [0.4, 0.5) is 0 Å². The van der Waals surface area contributed by atoms with Crippen LogP contribution in [-0.2, 0) is 52.7 Å². The van der Waals surface area contributed by atoms with Crippen molar-refractivity contribution in [3.8, 4) is 0 Å². The van der Waals surface area contributed by atoms with Crippen molar-refractivity contribution < 1.29 is 57.8 Å². The van der Waals surface area contributed by atoms with Crippen LogP contribution < -0.4 is 27.0 Å². The van der Waals surface area contributed by atoms with E-state index in [1.54, 1.807) is 60.6 Å². The van der Waals surface area contributed by atoms with Gasteiger partial charge in [0.15, 0.2) is 5.37 Å². The van der Waals surface area contributed by atoms with E-state index in [9.17, 15) is 38.7 Å². The smallest absolute Gasteiger partial charge is 0.256 e. The van der Waals surface area contributed by atoms with Crippen molar-refractivity contribution in [1.29, 1.82) is 0 Å². The summed E-state index contributed by atoms with van der Waals surface area (Å²) in [7, 11) is 9.94. The molecule has 510 valence electrons. The minimum absolute atomic E-state index is 0.0106. The van der Waals surface area contributed by atoms with Gasteiger partial charge in [-0.2, -0.15) is 0 Å². The third kappa shape index (κ3) is 22.8. The summed E-state index contributed by atoms with van der Waals surface area (Å²) in [4.78, 5) is 171. The maximum Gasteiger partial charge on any atom is 0.256 e. The number of rotatable bonds is 18. The number of hydrogen-bond donors (Lipinski definition) is 6. The molecule has 1 aliphatic rings. The minimum atomic E-state index is -1.64. The molecule has 13 atom stereocenters. The number of nitrogens with zero attached hydrogens (tertiary/aromatic N) is 7. The standard InChI is InChI=1S/C64H116N12O12S/c1-25-27-28-41(15)52(77)51-56(81)68-44(26-2)58(83)76(24)64(89-30-29-65)63(88)71(19)46(32-36(5)6)55(80)69-49(39(11)12)61(86)70(18)45(31-35(3)4)54(79)66-42(16)53(78)67-43(17)57(82)72(20)47(33-37(7)8)59(84)73(21)48(34-38(9)10)60(85)74(22)50(40(13)14)62(87)75(51)23/h25,27,35-52,64,77H,26,28-34,65H2,1-24H3,(H,66,79)(H,67,78)(H,68,81)(H,69,80)/t41-,42-,43+,44-,45?,46+,47-,48-,49-,50+,51?,52-,64?/m1/s1. The Balaban J connectivity index is 4.48. The molecule has 24 nitrogen and oxygen atoms in total. The molecule has 1 saturated heterocycles. The first kappa shape index (κ1) is 81.2. The average Bonchev–Trinajstić information content (AvgIpc) is 2.43. The van der Waals surface area contributed by atoms with Crippen LogP contribution in [0.15, 0.2) is 12.2 Å². The van der Waals surface area contributed by atoms with E-state index >= 15 is 19.2 Å². The number of nitrogens with one attached hydrogen (secondary N) is 4. The monoisotopic (exact) mass is 1280 g/mol. The van der Waals surface area contributed by atoms with Crippen LogP contribution in [0.3, 0.4) is 0 Å². The second-order valence-corrected chi connectivity index (χ2v) is 28.0. The third-order valence-corrected chi connectivity index (χ3v) is 17.9. The van der Waals surface area contributed by atoms with Crippen molar-refractivity contribution in [1.82, 2.24) is 55.6 Å². The highest BCUT2D eigenvalue weighted by Crippen LogP contribution is 2.27. The number of amides is 11. The Morgan fingerprint density at radius 1 is 0.472 bits per heavy atom. The van der Waals surface area contributed by atoms with Crippen molar-refractivity contribution in [2.24, 2.45) is 47.2 Å². The lowest BCUT2D eigenvalue weighted by molar-refractivity contribution is -0.157. The summed E-state index contributed by atoms with van der Waals surface area (Å²) >= 11 is 1.04. The van der Waals surface area contributed by atoms with Crippen LogP contribution >= 0.6 is 11.8 Å². The van der Waals surface area contributed by atoms with Gasteiger partial charge in [-0.25, -0.2) is 0 Å². The number of allylic oxidation sites excluding steroid dienone is 2. The van der Waals surface area contributed by atoms with Crippen molar-refractivity contribution in [3.63, 3.8) is 0 Å². The SMILES string of the molecule is CC=CC[C@@H](C)[C@@H](O)C1C(=O)N[C@H](CC)C(=O)N(C)C(SCCN)C(=O)N(C)[C@@H](CC(C)C)C(=O)N[C@H](C(C)C)C(=O)N(C)C(CC(C)C)C(=O)N[C@H](C)C(=O)N[C@@H](C)C(=O)N(C)[C@H](CC(C)C)C(=O)N(C)[C@H](CC(C)C)C(=O)N(C)[C@@H](C(C)C)C(=O)N1C. The van der Waals surface area contributed by atoms with E-state index < -0.39 is 155 Å². The molecular formula is C64H116N12O12S. The van der Waals surface area contributed by atoms with Gasteiger partial charge in [0, 0.05) is 61.6 Å². The number of aliphatic hydroxyl groups excluding tert-OH is 1. The third-order valence-electron chi connectivity index (χ3n) is 16.6. The second-order valence-electron chi connectivity index (χ2n) is 26.8. The molecule has 0 bridgehead atoms. The number of likely N-dealkylation sites (N-methyl/N-ethyl adjacent to an activating group) is 7. The van der Waals surface area contributed by atoms with Gasteiger partial charge in [0.05, 0.1) is 6.10 Å². The molecule has 1 aliphatic heterocycles. The number of carbonyl (C=O) groups excluding carboxylic acids is 11. The van der Waals surface area contributed by atoms with Gasteiger partial charge in [-0.1, -0.05) is 109 Å². The second kappa shape index (κ2) is 37.5. The number of carbonyl (C=O) groups is 11. The van der Waals surface area contributed by atoms with Gasteiger partial charge in [-0.05, 0) is 101 Å². The lowest BCUT2D eigenvalue weighted by Gasteiger charge is -2.41. The first-order valence-electron chi connectivity index (χ1n) is 31.9. The zero-order valence-corrected chi connectivity index (χ0v) is 59.2. The number of nitrogens with two attached hydrogens (primary N) is 1. The lowest BCUT2D eigenvalue weighted by Crippen LogP contribution is -2.64. The van der Waals surface area contributed by atoms with Gasteiger partial charge in [0.2, 0.25) is 59.1 Å².